The maximum Gasteiger partial charge on any atom is 0.313 e. The monoisotopic (exact) mass is 344 g/mol. The van der Waals surface area contributed by atoms with E-state index in [1.807, 2.05) is 6.07 Å². The van der Waals surface area contributed by atoms with Gasteiger partial charge < -0.3 is 9.47 Å². The van der Waals surface area contributed by atoms with Crippen molar-refractivity contribution < 1.29 is 19.1 Å². The van der Waals surface area contributed by atoms with E-state index in [9.17, 15) is 9.59 Å². The number of carbonyl (C=O) groups excluding carboxylic acids is 2. The first-order valence-electron chi connectivity index (χ1n) is 9.45. The van der Waals surface area contributed by atoms with Gasteiger partial charge in [0, 0.05) is 6.42 Å². The summed E-state index contributed by atoms with van der Waals surface area (Å²) in [4.78, 5) is 24.1. The maximum absolute atomic E-state index is 12.1. The summed E-state index contributed by atoms with van der Waals surface area (Å²) < 4.78 is 11.3. The second-order valence-corrected chi connectivity index (χ2v) is 7.41. The molecule has 0 N–H and O–H groups in total. The highest BCUT2D eigenvalue weighted by Crippen LogP contribution is 2.44. The number of cyclic esters (lactones) is 1. The van der Waals surface area contributed by atoms with Crippen LogP contribution in [-0.4, -0.2) is 24.5 Å². The van der Waals surface area contributed by atoms with E-state index in [0.29, 0.717) is 12.3 Å². The predicted molar refractivity (Wildman–Crippen MR) is 95.7 cm³/mol. The Hall–Kier alpha value is -1.84. The van der Waals surface area contributed by atoms with Gasteiger partial charge in [-0.05, 0) is 55.2 Å². The third-order valence-corrected chi connectivity index (χ3v) is 5.82. The molecule has 1 aliphatic carbocycles. The van der Waals surface area contributed by atoms with Crippen molar-refractivity contribution in [2.24, 2.45) is 5.92 Å². The lowest BCUT2D eigenvalue weighted by Crippen LogP contribution is -2.48. The van der Waals surface area contributed by atoms with Crippen LogP contribution in [0.5, 0.6) is 5.75 Å². The molecule has 2 aliphatic rings. The largest absolute Gasteiger partial charge is 0.496 e. The Labute approximate surface area is 149 Å². The SMILES string of the molecule is CCc1cc(CCC2(C3CCCC3)CC(=O)CC(=O)O2)ccc1OC. The summed E-state index contributed by atoms with van der Waals surface area (Å²) in [7, 11) is 1.69. The van der Waals surface area contributed by atoms with Crippen molar-refractivity contribution in [1.82, 2.24) is 0 Å². The average Bonchev–Trinajstić information content (AvgIpc) is 3.14. The Morgan fingerprint density at radius 1 is 1.24 bits per heavy atom. The molecule has 0 spiro atoms. The number of benzene rings is 1. The smallest absolute Gasteiger partial charge is 0.313 e. The van der Waals surface area contributed by atoms with Crippen LogP contribution in [0.4, 0.5) is 0 Å². The second kappa shape index (κ2) is 7.59. The van der Waals surface area contributed by atoms with Crippen molar-refractivity contribution in [3.63, 3.8) is 0 Å². The van der Waals surface area contributed by atoms with E-state index in [4.69, 9.17) is 9.47 Å². The third-order valence-electron chi connectivity index (χ3n) is 5.82. The number of methoxy groups -OCH3 is 1. The Morgan fingerprint density at radius 2 is 2.00 bits per heavy atom. The number of esters is 1. The number of hydrogen-bond acceptors (Lipinski definition) is 4. The van der Waals surface area contributed by atoms with Gasteiger partial charge in [-0.3, -0.25) is 9.59 Å². The van der Waals surface area contributed by atoms with Crippen molar-refractivity contribution in [3.8, 4) is 5.75 Å². The molecule has 1 heterocycles. The van der Waals surface area contributed by atoms with Crippen LogP contribution in [0.3, 0.4) is 0 Å². The molecule has 0 amide bonds. The lowest BCUT2D eigenvalue weighted by molar-refractivity contribution is -0.178. The van der Waals surface area contributed by atoms with E-state index in [2.05, 4.69) is 19.1 Å². The third kappa shape index (κ3) is 3.88. The average molecular weight is 344 g/mol. The highest BCUT2D eigenvalue weighted by atomic mass is 16.6. The number of carbonyl (C=O) groups is 2. The van der Waals surface area contributed by atoms with Gasteiger partial charge >= 0.3 is 5.97 Å². The number of rotatable bonds is 6. The molecule has 1 aliphatic heterocycles. The van der Waals surface area contributed by atoms with Crippen LogP contribution in [0.15, 0.2) is 18.2 Å². The van der Waals surface area contributed by atoms with Gasteiger partial charge in [-0.15, -0.1) is 0 Å². The van der Waals surface area contributed by atoms with Gasteiger partial charge in [0.15, 0.2) is 0 Å². The van der Waals surface area contributed by atoms with Gasteiger partial charge in [-0.2, -0.15) is 0 Å². The number of hydrogen-bond donors (Lipinski definition) is 0. The van der Waals surface area contributed by atoms with Crippen LogP contribution in [0, 0.1) is 5.92 Å². The van der Waals surface area contributed by atoms with E-state index < -0.39 is 5.60 Å². The molecule has 0 aromatic heterocycles. The Balaban J connectivity index is 1.79. The van der Waals surface area contributed by atoms with Crippen molar-refractivity contribution in [1.29, 1.82) is 0 Å². The predicted octanol–water partition coefficient (Wildman–Crippen LogP) is 4.03. The number of ketones is 1. The van der Waals surface area contributed by atoms with Crippen molar-refractivity contribution in [3.05, 3.63) is 29.3 Å². The Kier molecular flexibility index (Phi) is 5.45. The van der Waals surface area contributed by atoms with Crippen molar-refractivity contribution in [2.45, 2.75) is 70.3 Å². The summed E-state index contributed by atoms with van der Waals surface area (Å²) in [6.45, 7) is 2.11. The summed E-state index contributed by atoms with van der Waals surface area (Å²) >= 11 is 0. The van der Waals surface area contributed by atoms with E-state index in [1.54, 1.807) is 7.11 Å². The molecular formula is C21H28O4. The highest BCUT2D eigenvalue weighted by Gasteiger charge is 2.47. The molecule has 0 bridgehead atoms. The van der Waals surface area contributed by atoms with Gasteiger partial charge in [0.25, 0.3) is 0 Å². The summed E-state index contributed by atoms with van der Waals surface area (Å²) in [5.41, 5.74) is 1.81. The molecule has 1 atom stereocenters. The second-order valence-electron chi connectivity index (χ2n) is 7.41. The molecule has 3 rings (SSSR count). The Bertz CT molecular complexity index is 627. The lowest BCUT2D eigenvalue weighted by atomic mass is 9.76. The summed E-state index contributed by atoms with van der Waals surface area (Å²) in [5.74, 6) is 0.930. The molecule has 1 saturated carbocycles. The van der Waals surface area contributed by atoms with Gasteiger partial charge in [-0.25, -0.2) is 0 Å². The Morgan fingerprint density at radius 3 is 2.64 bits per heavy atom. The van der Waals surface area contributed by atoms with E-state index >= 15 is 0 Å². The van der Waals surface area contributed by atoms with Crippen LogP contribution in [0.25, 0.3) is 0 Å². The maximum atomic E-state index is 12.1. The van der Waals surface area contributed by atoms with Crippen LogP contribution >= 0.6 is 0 Å². The zero-order valence-corrected chi connectivity index (χ0v) is 15.3. The topological polar surface area (TPSA) is 52.6 Å². The molecular weight excluding hydrogens is 316 g/mol. The fraction of sp³-hybridized carbons (Fsp3) is 0.619. The molecule has 0 radical (unpaired) electrons. The zero-order chi connectivity index (χ0) is 17.9. The molecule has 136 valence electrons. The quantitative estimate of drug-likeness (QED) is 0.578. The standard InChI is InChI=1S/C21H28O4/c1-3-16-12-15(8-9-19(16)24-2)10-11-21(17-6-4-5-7-17)14-18(22)13-20(23)25-21/h8-9,12,17H,3-7,10-11,13-14H2,1-2H3. The summed E-state index contributed by atoms with van der Waals surface area (Å²) in [6.07, 6.45) is 7.24. The van der Waals surface area contributed by atoms with Gasteiger partial charge in [0.05, 0.1) is 7.11 Å². The van der Waals surface area contributed by atoms with Gasteiger partial charge in [0.2, 0.25) is 0 Å². The molecule has 2 fully saturated rings. The van der Waals surface area contributed by atoms with Gasteiger partial charge in [0.1, 0.15) is 23.6 Å². The number of ether oxygens (including phenoxy) is 2. The van der Waals surface area contributed by atoms with Crippen LogP contribution in [0.2, 0.25) is 0 Å². The first kappa shape index (κ1) is 18.0. The van der Waals surface area contributed by atoms with Crippen LogP contribution < -0.4 is 4.74 Å². The van der Waals surface area contributed by atoms with Crippen LogP contribution in [-0.2, 0) is 27.2 Å². The molecule has 4 heteroatoms. The van der Waals surface area contributed by atoms with E-state index in [0.717, 1.165) is 37.9 Å². The molecule has 1 unspecified atom stereocenters. The molecule has 1 saturated heterocycles. The molecule has 1 aromatic carbocycles. The van der Waals surface area contributed by atoms with Crippen molar-refractivity contribution >= 4 is 11.8 Å². The zero-order valence-electron chi connectivity index (χ0n) is 15.3. The first-order valence-corrected chi connectivity index (χ1v) is 9.45. The number of Topliss-reactive ketones (excluding diaryl/α,β-unsaturated/α-hetero) is 1. The minimum absolute atomic E-state index is 0.0344. The fourth-order valence-electron chi connectivity index (χ4n) is 4.50. The lowest BCUT2D eigenvalue weighted by Gasteiger charge is -2.41. The summed E-state index contributed by atoms with van der Waals surface area (Å²) in [5, 5.41) is 0. The molecule has 4 nitrogen and oxygen atoms in total. The van der Waals surface area contributed by atoms with Gasteiger partial charge in [-0.1, -0.05) is 31.9 Å². The normalized spacial score (nSPS) is 24.4. The molecule has 25 heavy (non-hydrogen) atoms. The minimum Gasteiger partial charge on any atom is -0.496 e. The van der Waals surface area contributed by atoms with Crippen molar-refractivity contribution in [2.75, 3.05) is 7.11 Å². The van der Waals surface area contributed by atoms with Crippen LogP contribution in [0.1, 0.15) is 63.0 Å². The van der Waals surface area contributed by atoms with E-state index in [1.165, 1.54) is 24.0 Å². The minimum atomic E-state index is -0.588. The molecule has 1 aromatic rings. The number of aryl methyl sites for hydroxylation is 2. The first-order chi connectivity index (χ1) is 12.1. The fourth-order valence-corrected chi connectivity index (χ4v) is 4.50. The van der Waals surface area contributed by atoms with E-state index in [-0.39, 0.29) is 18.2 Å². The highest BCUT2D eigenvalue weighted by molar-refractivity contribution is 5.98. The summed E-state index contributed by atoms with van der Waals surface area (Å²) in [6, 6.07) is 6.26.